The smallest absolute Gasteiger partial charge is 0.350 e. The van der Waals surface area contributed by atoms with Gasteiger partial charge < -0.3 is 4.18 Å². The molecule has 0 aliphatic heterocycles. The van der Waals surface area contributed by atoms with Crippen molar-refractivity contribution >= 4 is 27.4 Å². The molecular weight excluding hydrogens is 262 g/mol. The van der Waals surface area contributed by atoms with Crippen LogP contribution in [0.15, 0.2) is 40.5 Å². The molecule has 1 aromatic heterocycles. The molecule has 0 N–H and O–H groups in total. The van der Waals surface area contributed by atoms with Crippen molar-refractivity contribution in [3.05, 3.63) is 36.3 Å². The lowest BCUT2D eigenvalue weighted by Crippen LogP contribution is -2.18. The highest BCUT2D eigenvalue weighted by atomic mass is 32.3. The monoisotopic (exact) mass is 271 g/mol. The number of carbonyl (C=O) groups is 1. The van der Waals surface area contributed by atoms with Crippen molar-refractivity contribution in [2.75, 3.05) is 0 Å². The van der Waals surface area contributed by atoms with E-state index in [4.69, 9.17) is 4.18 Å². The van der Waals surface area contributed by atoms with Gasteiger partial charge in [0.1, 0.15) is 5.76 Å². The molecule has 0 fully saturated rings. The quantitative estimate of drug-likeness (QED) is 0.779. The van der Waals surface area contributed by atoms with E-state index in [1.807, 2.05) is 0 Å². The second-order valence-corrected chi connectivity index (χ2v) is 6.03. The molecule has 0 radical (unpaired) electrons. The number of rotatable bonds is 3. The zero-order valence-corrected chi connectivity index (χ0v) is 10.5. The number of hydrogen-bond donors (Lipinski definition) is 0. The zero-order valence-electron chi connectivity index (χ0n) is 8.86. The molecule has 17 heavy (non-hydrogen) atoms. The summed E-state index contributed by atoms with van der Waals surface area (Å²) < 4.78 is 32.2. The highest BCUT2D eigenvalue weighted by Gasteiger charge is 2.26. The van der Waals surface area contributed by atoms with Gasteiger partial charge in [0.05, 0.1) is 5.92 Å². The predicted octanol–water partition coefficient (Wildman–Crippen LogP) is 1.51. The Morgan fingerprint density at radius 3 is 2.88 bits per heavy atom. The molecule has 5 nitrogen and oxygen atoms in total. The summed E-state index contributed by atoms with van der Waals surface area (Å²) in [6.07, 6.45) is 5.71. The highest BCUT2D eigenvalue weighted by Crippen LogP contribution is 2.25. The molecule has 0 amide bonds. The lowest BCUT2D eigenvalue weighted by Gasteiger charge is -2.15. The van der Waals surface area contributed by atoms with E-state index in [1.54, 1.807) is 6.92 Å². The molecule has 0 aromatic carbocycles. The van der Waals surface area contributed by atoms with Crippen LogP contribution in [0.5, 0.6) is 0 Å². The molecule has 0 saturated carbocycles. The summed E-state index contributed by atoms with van der Waals surface area (Å²) in [7, 11) is -3.87. The first-order chi connectivity index (χ1) is 8.00. The van der Waals surface area contributed by atoms with Gasteiger partial charge in [-0.05, 0) is 36.7 Å². The summed E-state index contributed by atoms with van der Waals surface area (Å²) >= 11 is 0.827. The van der Waals surface area contributed by atoms with E-state index in [-0.39, 0.29) is 15.8 Å². The number of ketones is 1. The summed E-state index contributed by atoms with van der Waals surface area (Å²) in [5.41, 5.74) is 0. The Kier molecular flexibility index (Phi) is 3.12. The van der Waals surface area contributed by atoms with E-state index in [2.05, 4.69) is 4.37 Å². The SMILES string of the molecule is CC1C(=O)C=CC=C1OS(=O)(=O)c1ccns1. The molecule has 2 rings (SSSR count). The van der Waals surface area contributed by atoms with E-state index < -0.39 is 16.0 Å². The second-order valence-electron chi connectivity index (χ2n) is 3.42. The Morgan fingerprint density at radius 2 is 2.24 bits per heavy atom. The van der Waals surface area contributed by atoms with Crippen LogP contribution in [0.4, 0.5) is 0 Å². The third-order valence-corrected chi connectivity index (χ3v) is 4.66. The minimum Gasteiger partial charge on any atom is -0.382 e. The Labute approximate surface area is 103 Å². The molecule has 1 atom stereocenters. The van der Waals surface area contributed by atoms with Crippen molar-refractivity contribution in [1.29, 1.82) is 0 Å². The molecule has 90 valence electrons. The first-order valence-corrected chi connectivity index (χ1v) is 6.96. The van der Waals surface area contributed by atoms with E-state index in [9.17, 15) is 13.2 Å². The maximum absolute atomic E-state index is 11.8. The van der Waals surface area contributed by atoms with E-state index in [0.717, 1.165) is 11.5 Å². The highest BCUT2D eigenvalue weighted by molar-refractivity contribution is 7.89. The van der Waals surface area contributed by atoms with Gasteiger partial charge in [0.2, 0.25) is 0 Å². The van der Waals surface area contributed by atoms with Crippen LogP contribution in [-0.2, 0) is 19.1 Å². The van der Waals surface area contributed by atoms with Gasteiger partial charge in [0.15, 0.2) is 9.99 Å². The molecule has 1 aromatic rings. The molecule has 0 bridgehead atoms. The molecule has 1 unspecified atom stereocenters. The van der Waals surface area contributed by atoms with Crippen molar-refractivity contribution in [1.82, 2.24) is 4.37 Å². The summed E-state index contributed by atoms with van der Waals surface area (Å²) in [5, 5.41) is 0. The second kappa shape index (κ2) is 4.42. The van der Waals surface area contributed by atoms with Crippen LogP contribution in [0.2, 0.25) is 0 Å². The number of carbonyl (C=O) groups excluding carboxylic acids is 1. The fraction of sp³-hybridized carbons (Fsp3) is 0.200. The summed E-state index contributed by atoms with van der Waals surface area (Å²) in [6, 6.07) is 1.35. The van der Waals surface area contributed by atoms with Crippen molar-refractivity contribution in [3.8, 4) is 0 Å². The fourth-order valence-electron chi connectivity index (χ4n) is 1.27. The summed E-state index contributed by atoms with van der Waals surface area (Å²) in [4.78, 5) is 11.4. The molecule has 1 heterocycles. The van der Waals surface area contributed by atoms with Gasteiger partial charge in [-0.15, -0.1) is 0 Å². The van der Waals surface area contributed by atoms with Crippen molar-refractivity contribution in [2.24, 2.45) is 5.92 Å². The van der Waals surface area contributed by atoms with Crippen LogP contribution in [0, 0.1) is 5.92 Å². The minimum atomic E-state index is -3.87. The topological polar surface area (TPSA) is 73.3 Å². The Morgan fingerprint density at radius 1 is 1.47 bits per heavy atom. The zero-order chi connectivity index (χ0) is 12.5. The Balaban J connectivity index is 2.25. The number of hydrogen-bond acceptors (Lipinski definition) is 6. The van der Waals surface area contributed by atoms with Gasteiger partial charge in [0, 0.05) is 6.20 Å². The fourth-order valence-corrected chi connectivity index (χ4v) is 2.97. The molecule has 1 aliphatic carbocycles. The normalized spacial score (nSPS) is 20.2. The molecule has 7 heteroatoms. The van der Waals surface area contributed by atoms with Gasteiger partial charge in [-0.1, -0.05) is 6.08 Å². The Hall–Kier alpha value is -1.47. The average molecular weight is 271 g/mol. The maximum Gasteiger partial charge on any atom is 0.350 e. The van der Waals surface area contributed by atoms with Gasteiger partial charge in [0.25, 0.3) is 0 Å². The van der Waals surface area contributed by atoms with Crippen LogP contribution in [0.25, 0.3) is 0 Å². The minimum absolute atomic E-state index is 0.0209. The Bertz CT molecular complexity index is 584. The number of nitrogens with zero attached hydrogens (tertiary/aromatic N) is 1. The van der Waals surface area contributed by atoms with Crippen molar-refractivity contribution in [3.63, 3.8) is 0 Å². The molecule has 1 aliphatic rings. The molecular formula is C10H9NO4S2. The van der Waals surface area contributed by atoms with E-state index in [0.29, 0.717) is 0 Å². The first kappa shape index (κ1) is 12.0. The maximum atomic E-state index is 11.8. The summed E-state index contributed by atoms with van der Waals surface area (Å²) in [5.74, 6) is -0.629. The van der Waals surface area contributed by atoms with Gasteiger partial charge >= 0.3 is 10.1 Å². The molecule has 0 saturated heterocycles. The van der Waals surface area contributed by atoms with Gasteiger partial charge in [-0.25, -0.2) is 0 Å². The number of allylic oxidation sites excluding steroid dienone is 4. The van der Waals surface area contributed by atoms with Crippen LogP contribution in [-0.4, -0.2) is 18.6 Å². The summed E-state index contributed by atoms with van der Waals surface area (Å²) in [6.45, 7) is 1.60. The lowest BCUT2D eigenvalue weighted by atomic mass is 10.00. The van der Waals surface area contributed by atoms with Crippen molar-refractivity contribution in [2.45, 2.75) is 11.1 Å². The third-order valence-electron chi connectivity index (χ3n) is 2.24. The van der Waals surface area contributed by atoms with Gasteiger partial charge in [-0.3, -0.25) is 4.79 Å². The van der Waals surface area contributed by atoms with Crippen LogP contribution in [0.1, 0.15) is 6.92 Å². The standard InChI is InChI=1S/C10H9NO4S2/c1-7-8(12)3-2-4-9(7)15-17(13,14)10-5-6-11-16-10/h2-7H,1H3. The van der Waals surface area contributed by atoms with Crippen LogP contribution >= 0.6 is 11.5 Å². The predicted molar refractivity (Wildman–Crippen MR) is 61.8 cm³/mol. The van der Waals surface area contributed by atoms with Crippen molar-refractivity contribution < 1.29 is 17.4 Å². The van der Waals surface area contributed by atoms with Crippen LogP contribution in [0.3, 0.4) is 0 Å². The largest absolute Gasteiger partial charge is 0.382 e. The molecule has 0 spiro atoms. The average Bonchev–Trinajstić information content (AvgIpc) is 2.78. The third kappa shape index (κ3) is 2.45. The number of aromatic nitrogens is 1. The van der Waals surface area contributed by atoms with E-state index >= 15 is 0 Å². The van der Waals surface area contributed by atoms with Gasteiger partial charge in [-0.2, -0.15) is 12.8 Å². The van der Waals surface area contributed by atoms with E-state index in [1.165, 1.54) is 30.5 Å². The lowest BCUT2D eigenvalue weighted by molar-refractivity contribution is -0.117. The first-order valence-electron chi connectivity index (χ1n) is 4.78. The van der Waals surface area contributed by atoms with Crippen LogP contribution < -0.4 is 0 Å².